The Hall–Kier alpha value is -1.33. The van der Waals surface area contributed by atoms with Gasteiger partial charge in [0, 0.05) is 33.8 Å². The fraction of sp³-hybridized carbons (Fsp3) is 0.133. The van der Waals surface area contributed by atoms with Crippen molar-refractivity contribution >= 4 is 43.5 Å². The largest absolute Gasteiger partial charge is 0.398 e. The smallest absolute Gasteiger partial charge is 0.253 e. The number of hydrogen-bond donors (Lipinski definition) is 1. The van der Waals surface area contributed by atoms with Gasteiger partial charge in [-0.1, -0.05) is 34.1 Å². The van der Waals surface area contributed by atoms with Crippen LogP contribution in [0.1, 0.15) is 15.9 Å². The number of halogens is 2. The molecule has 0 bridgehead atoms. The van der Waals surface area contributed by atoms with Gasteiger partial charge in [-0.05, 0) is 45.8 Å². The SMILES string of the molecule is CN(Cc1ccccc1Br)C(=O)c1ccc(Br)c(N)c1. The van der Waals surface area contributed by atoms with Crippen LogP contribution in [0.25, 0.3) is 0 Å². The highest BCUT2D eigenvalue weighted by molar-refractivity contribution is 9.10. The minimum absolute atomic E-state index is 0.0556. The second-order valence-electron chi connectivity index (χ2n) is 4.49. The molecule has 0 aliphatic heterocycles. The van der Waals surface area contributed by atoms with Gasteiger partial charge in [0.05, 0.1) is 0 Å². The molecule has 0 aliphatic carbocycles. The highest BCUT2D eigenvalue weighted by atomic mass is 79.9. The standard InChI is InChI=1S/C15H14Br2N2O/c1-19(9-11-4-2-3-5-12(11)16)15(20)10-6-7-13(17)14(18)8-10/h2-8H,9,18H2,1H3. The second kappa shape index (κ2) is 6.41. The first-order valence-electron chi connectivity index (χ1n) is 6.03. The van der Waals surface area contributed by atoms with E-state index in [0.717, 1.165) is 14.5 Å². The minimum atomic E-state index is -0.0556. The van der Waals surface area contributed by atoms with E-state index in [9.17, 15) is 4.79 Å². The number of nitrogens with zero attached hydrogens (tertiary/aromatic N) is 1. The van der Waals surface area contributed by atoms with E-state index in [4.69, 9.17) is 5.73 Å². The summed E-state index contributed by atoms with van der Waals surface area (Å²) in [7, 11) is 1.78. The van der Waals surface area contributed by atoms with Crippen molar-refractivity contribution in [1.29, 1.82) is 0 Å². The zero-order chi connectivity index (χ0) is 14.7. The molecule has 0 aliphatic rings. The lowest BCUT2D eigenvalue weighted by Crippen LogP contribution is -2.26. The predicted molar refractivity (Wildman–Crippen MR) is 88.5 cm³/mol. The molecule has 0 fully saturated rings. The number of amides is 1. The molecule has 0 atom stereocenters. The van der Waals surface area contributed by atoms with Gasteiger partial charge in [-0.15, -0.1) is 0 Å². The first-order chi connectivity index (χ1) is 9.49. The van der Waals surface area contributed by atoms with Crippen LogP contribution in [0, 0.1) is 0 Å². The van der Waals surface area contributed by atoms with Crippen molar-refractivity contribution in [3.05, 3.63) is 62.5 Å². The van der Waals surface area contributed by atoms with Crippen LogP contribution in [0.2, 0.25) is 0 Å². The third-order valence-corrected chi connectivity index (χ3v) is 4.45. The van der Waals surface area contributed by atoms with Gasteiger partial charge in [0.25, 0.3) is 5.91 Å². The molecular weight excluding hydrogens is 384 g/mol. The summed E-state index contributed by atoms with van der Waals surface area (Å²) in [4.78, 5) is 14.0. The summed E-state index contributed by atoms with van der Waals surface area (Å²) in [5.74, 6) is -0.0556. The van der Waals surface area contributed by atoms with Gasteiger partial charge in [-0.2, -0.15) is 0 Å². The molecule has 0 saturated carbocycles. The zero-order valence-electron chi connectivity index (χ0n) is 10.9. The molecule has 0 aromatic heterocycles. The normalized spacial score (nSPS) is 10.3. The van der Waals surface area contributed by atoms with Crippen LogP contribution in [-0.4, -0.2) is 17.9 Å². The Morgan fingerprint density at radius 1 is 1.15 bits per heavy atom. The molecule has 20 heavy (non-hydrogen) atoms. The summed E-state index contributed by atoms with van der Waals surface area (Å²) in [6, 6.07) is 13.1. The number of rotatable bonds is 3. The molecular formula is C15H14Br2N2O. The van der Waals surface area contributed by atoms with E-state index in [2.05, 4.69) is 31.9 Å². The van der Waals surface area contributed by atoms with Crippen molar-refractivity contribution in [3.8, 4) is 0 Å². The molecule has 2 N–H and O–H groups in total. The maximum atomic E-state index is 12.4. The van der Waals surface area contributed by atoms with Gasteiger partial charge in [-0.25, -0.2) is 0 Å². The number of hydrogen-bond acceptors (Lipinski definition) is 2. The van der Waals surface area contributed by atoms with Gasteiger partial charge < -0.3 is 10.6 Å². The van der Waals surface area contributed by atoms with Gasteiger partial charge in [0.15, 0.2) is 0 Å². The fourth-order valence-corrected chi connectivity index (χ4v) is 2.51. The van der Waals surface area contributed by atoms with Crippen LogP contribution in [0.3, 0.4) is 0 Å². The maximum absolute atomic E-state index is 12.4. The molecule has 2 rings (SSSR count). The zero-order valence-corrected chi connectivity index (χ0v) is 14.1. The van der Waals surface area contributed by atoms with Crippen LogP contribution in [0.4, 0.5) is 5.69 Å². The second-order valence-corrected chi connectivity index (χ2v) is 6.20. The molecule has 2 aromatic carbocycles. The van der Waals surface area contributed by atoms with E-state index in [0.29, 0.717) is 17.8 Å². The number of carbonyl (C=O) groups is 1. The Morgan fingerprint density at radius 3 is 2.50 bits per heavy atom. The lowest BCUT2D eigenvalue weighted by atomic mass is 10.1. The topological polar surface area (TPSA) is 46.3 Å². The lowest BCUT2D eigenvalue weighted by molar-refractivity contribution is 0.0785. The Kier molecular flexibility index (Phi) is 4.83. The summed E-state index contributed by atoms with van der Waals surface area (Å²) >= 11 is 6.81. The molecule has 0 radical (unpaired) electrons. The number of nitrogens with two attached hydrogens (primary N) is 1. The number of anilines is 1. The molecule has 0 heterocycles. The van der Waals surface area contributed by atoms with E-state index in [-0.39, 0.29) is 5.91 Å². The first-order valence-corrected chi connectivity index (χ1v) is 7.61. The Balaban J connectivity index is 2.16. The number of nitrogen functional groups attached to an aromatic ring is 1. The average molecular weight is 398 g/mol. The Labute approximate surface area is 135 Å². The van der Waals surface area contributed by atoms with E-state index in [1.54, 1.807) is 30.1 Å². The van der Waals surface area contributed by atoms with E-state index in [1.165, 1.54) is 0 Å². The molecule has 3 nitrogen and oxygen atoms in total. The van der Waals surface area contributed by atoms with Crippen molar-refractivity contribution in [2.75, 3.05) is 12.8 Å². The lowest BCUT2D eigenvalue weighted by Gasteiger charge is -2.18. The Morgan fingerprint density at radius 2 is 1.85 bits per heavy atom. The minimum Gasteiger partial charge on any atom is -0.398 e. The fourth-order valence-electron chi connectivity index (χ4n) is 1.85. The number of carbonyl (C=O) groups excluding carboxylic acids is 1. The van der Waals surface area contributed by atoms with Crippen LogP contribution in [0.15, 0.2) is 51.4 Å². The van der Waals surface area contributed by atoms with Crippen LogP contribution in [0.5, 0.6) is 0 Å². The predicted octanol–water partition coefficient (Wildman–Crippen LogP) is 4.07. The molecule has 0 unspecified atom stereocenters. The van der Waals surface area contributed by atoms with Crippen LogP contribution < -0.4 is 5.73 Å². The van der Waals surface area contributed by atoms with Crippen LogP contribution in [-0.2, 0) is 6.54 Å². The number of benzene rings is 2. The van der Waals surface area contributed by atoms with Crippen molar-refractivity contribution < 1.29 is 4.79 Å². The summed E-state index contributed by atoms with van der Waals surface area (Å²) < 4.78 is 1.79. The Bertz CT molecular complexity index is 644. The third-order valence-electron chi connectivity index (χ3n) is 2.95. The van der Waals surface area contributed by atoms with Crippen molar-refractivity contribution in [3.63, 3.8) is 0 Å². The third kappa shape index (κ3) is 3.41. The molecule has 2 aromatic rings. The highest BCUT2D eigenvalue weighted by Gasteiger charge is 2.14. The van der Waals surface area contributed by atoms with E-state index in [1.807, 2.05) is 24.3 Å². The van der Waals surface area contributed by atoms with Gasteiger partial charge in [0.1, 0.15) is 0 Å². The summed E-state index contributed by atoms with van der Waals surface area (Å²) in [5.41, 5.74) is 8.02. The maximum Gasteiger partial charge on any atom is 0.253 e. The molecule has 5 heteroatoms. The van der Waals surface area contributed by atoms with E-state index < -0.39 is 0 Å². The van der Waals surface area contributed by atoms with Gasteiger partial charge >= 0.3 is 0 Å². The average Bonchev–Trinajstić information content (AvgIpc) is 2.43. The molecule has 104 valence electrons. The summed E-state index contributed by atoms with van der Waals surface area (Å²) in [6.07, 6.45) is 0. The first kappa shape index (κ1) is 15.1. The summed E-state index contributed by atoms with van der Waals surface area (Å²) in [5, 5.41) is 0. The summed E-state index contributed by atoms with van der Waals surface area (Å²) in [6.45, 7) is 0.538. The molecule has 0 spiro atoms. The quantitative estimate of drug-likeness (QED) is 0.793. The monoisotopic (exact) mass is 396 g/mol. The van der Waals surface area contributed by atoms with Crippen molar-refractivity contribution in [2.24, 2.45) is 0 Å². The van der Waals surface area contributed by atoms with Crippen molar-refractivity contribution in [1.82, 2.24) is 4.90 Å². The van der Waals surface area contributed by atoms with Crippen molar-refractivity contribution in [2.45, 2.75) is 6.54 Å². The van der Waals surface area contributed by atoms with Gasteiger partial charge in [-0.3, -0.25) is 4.79 Å². The van der Waals surface area contributed by atoms with Gasteiger partial charge in [0.2, 0.25) is 0 Å². The van der Waals surface area contributed by atoms with Crippen LogP contribution >= 0.6 is 31.9 Å². The molecule has 0 saturated heterocycles. The highest BCUT2D eigenvalue weighted by Crippen LogP contribution is 2.22. The molecule has 1 amide bonds. The van der Waals surface area contributed by atoms with E-state index >= 15 is 0 Å².